The van der Waals surface area contributed by atoms with E-state index in [1.54, 1.807) is 36.4 Å². The summed E-state index contributed by atoms with van der Waals surface area (Å²) in [5.41, 5.74) is 1.09. The second-order valence-corrected chi connectivity index (χ2v) is 4.34. The lowest BCUT2D eigenvalue weighted by Gasteiger charge is -2.11. The van der Waals surface area contributed by atoms with Crippen LogP contribution in [0.4, 0.5) is 8.78 Å². The summed E-state index contributed by atoms with van der Waals surface area (Å²) in [6, 6.07) is 11.3. The van der Waals surface area contributed by atoms with E-state index in [1.807, 2.05) is 0 Å². The summed E-state index contributed by atoms with van der Waals surface area (Å²) < 4.78 is 29.1. The SMILES string of the molecule is FC(F)Oc1ccccc1-c1ccc(Cl)cc1Cl. The molecule has 0 aliphatic heterocycles. The van der Waals surface area contributed by atoms with Crippen LogP contribution in [0.1, 0.15) is 0 Å². The van der Waals surface area contributed by atoms with Crippen molar-refractivity contribution in [2.24, 2.45) is 0 Å². The van der Waals surface area contributed by atoms with Crippen LogP contribution in [0.25, 0.3) is 11.1 Å². The third-order valence-corrected chi connectivity index (χ3v) is 2.87. The van der Waals surface area contributed by atoms with Crippen LogP contribution in [0.5, 0.6) is 5.75 Å². The number of para-hydroxylation sites is 1. The van der Waals surface area contributed by atoms with Crippen LogP contribution in [0.3, 0.4) is 0 Å². The molecule has 0 bridgehead atoms. The Kier molecular flexibility index (Phi) is 4.04. The minimum Gasteiger partial charge on any atom is -0.434 e. The Labute approximate surface area is 113 Å². The Hall–Kier alpha value is -1.32. The van der Waals surface area contributed by atoms with Crippen molar-refractivity contribution in [3.8, 4) is 16.9 Å². The van der Waals surface area contributed by atoms with Gasteiger partial charge in [-0.05, 0) is 18.2 Å². The fraction of sp³-hybridized carbons (Fsp3) is 0.0769. The smallest absolute Gasteiger partial charge is 0.387 e. The molecule has 94 valence electrons. The first kappa shape index (κ1) is 13.1. The fourth-order valence-corrected chi connectivity index (χ4v) is 2.11. The zero-order valence-electron chi connectivity index (χ0n) is 9.04. The summed E-state index contributed by atoms with van der Waals surface area (Å²) in [5, 5.41) is 0.865. The maximum absolute atomic E-state index is 12.3. The molecule has 0 fully saturated rings. The molecule has 0 atom stereocenters. The monoisotopic (exact) mass is 288 g/mol. The van der Waals surface area contributed by atoms with Crippen molar-refractivity contribution in [1.29, 1.82) is 0 Å². The average molecular weight is 289 g/mol. The second kappa shape index (κ2) is 5.55. The molecule has 0 aliphatic rings. The fourth-order valence-electron chi connectivity index (χ4n) is 1.60. The van der Waals surface area contributed by atoms with Gasteiger partial charge in [0.1, 0.15) is 5.75 Å². The molecule has 0 unspecified atom stereocenters. The molecule has 0 saturated carbocycles. The van der Waals surface area contributed by atoms with Gasteiger partial charge in [0.25, 0.3) is 0 Å². The maximum atomic E-state index is 12.3. The van der Waals surface area contributed by atoms with Crippen molar-refractivity contribution >= 4 is 23.2 Å². The molecule has 1 nitrogen and oxygen atoms in total. The van der Waals surface area contributed by atoms with Gasteiger partial charge < -0.3 is 4.74 Å². The van der Waals surface area contributed by atoms with Crippen LogP contribution in [0, 0.1) is 0 Å². The Balaban J connectivity index is 2.49. The molecule has 0 spiro atoms. The Bertz CT molecular complexity index is 558. The van der Waals surface area contributed by atoms with Gasteiger partial charge in [0.05, 0.1) is 5.02 Å². The number of halogens is 4. The van der Waals surface area contributed by atoms with E-state index < -0.39 is 6.61 Å². The summed E-state index contributed by atoms with van der Waals surface area (Å²) in [4.78, 5) is 0. The van der Waals surface area contributed by atoms with E-state index in [-0.39, 0.29) is 5.75 Å². The van der Waals surface area contributed by atoms with Gasteiger partial charge in [-0.15, -0.1) is 0 Å². The lowest BCUT2D eigenvalue weighted by molar-refractivity contribution is -0.0494. The van der Waals surface area contributed by atoms with Crippen LogP contribution < -0.4 is 4.74 Å². The van der Waals surface area contributed by atoms with Gasteiger partial charge in [0.2, 0.25) is 0 Å². The number of hydrogen-bond acceptors (Lipinski definition) is 1. The summed E-state index contributed by atoms with van der Waals surface area (Å²) >= 11 is 11.8. The third-order valence-electron chi connectivity index (χ3n) is 2.32. The average Bonchev–Trinajstić information content (AvgIpc) is 2.30. The molecule has 0 saturated heterocycles. The highest BCUT2D eigenvalue weighted by molar-refractivity contribution is 6.36. The minimum absolute atomic E-state index is 0.0803. The zero-order chi connectivity index (χ0) is 13.1. The van der Waals surface area contributed by atoms with Gasteiger partial charge >= 0.3 is 6.61 Å². The highest BCUT2D eigenvalue weighted by atomic mass is 35.5. The third kappa shape index (κ3) is 2.92. The van der Waals surface area contributed by atoms with Gasteiger partial charge in [-0.1, -0.05) is 47.5 Å². The van der Waals surface area contributed by atoms with E-state index in [0.717, 1.165) is 0 Å². The molecule has 2 rings (SSSR count). The zero-order valence-corrected chi connectivity index (χ0v) is 10.6. The molecule has 5 heteroatoms. The van der Waals surface area contributed by atoms with E-state index in [9.17, 15) is 8.78 Å². The number of benzene rings is 2. The van der Waals surface area contributed by atoms with E-state index in [1.165, 1.54) is 6.07 Å². The number of rotatable bonds is 3. The summed E-state index contributed by atoms with van der Waals surface area (Å²) in [7, 11) is 0. The van der Waals surface area contributed by atoms with Crippen molar-refractivity contribution in [3.05, 3.63) is 52.5 Å². The lowest BCUT2D eigenvalue weighted by atomic mass is 10.0. The van der Waals surface area contributed by atoms with Crippen LogP contribution in [-0.4, -0.2) is 6.61 Å². The van der Waals surface area contributed by atoms with Crippen molar-refractivity contribution < 1.29 is 13.5 Å². The van der Waals surface area contributed by atoms with Crippen LogP contribution in [-0.2, 0) is 0 Å². The molecule has 0 aliphatic carbocycles. The molecule has 0 aromatic heterocycles. The quantitative estimate of drug-likeness (QED) is 0.748. The summed E-state index contributed by atoms with van der Waals surface area (Å²) in [6.45, 7) is -2.88. The molecule has 0 radical (unpaired) electrons. The Morgan fingerprint density at radius 2 is 1.67 bits per heavy atom. The number of alkyl halides is 2. The van der Waals surface area contributed by atoms with Gasteiger partial charge in [-0.3, -0.25) is 0 Å². The molecule has 2 aromatic rings. The number of ether oxygens (including phenoxy) is 1. The molecular weight excluding hydrogens is 281 g/mol. The van der Waals surface area contributed by atoms with Gasteiger partial charge in [0.15, 0.2) is 0 Å². The van der Waals surface area contributed by atoms with Crippen molar-refractivity contribution in [3.63, 3.8) is 0 Å². The highest BCUT2D eigenvalue weighted by Crippen LogP contribution is 2.36. The highest BCUT2D eigenvalue weighted by Gasteiger charge is 2.13. The molecule has 0 amide bonds. The molecule has 0 heterocycles. The molecule has 18 heavy (non-hydrogen) atoms. The van der Waals surface area contributed by atoms with Crippen molar-refractivity contribution in [2.75, 3.05) is 0 Å². The largest absolute Gasteiger partial charge is 0.434 e. The van der Waals surface area contributed by atoms with Crippen LogP contribution >= 0.6 is 23.2 Å². The topological polar surface area (TPSA) is 9.23 Å². The Morgan fingerprint density at radius 3 is 2.33 bits per heavy atom. The van der Waals surface area contributed by atoms with E-state index in [4.69, 9.17) is 23.2 Å². The molecule has 2 aromatic carbocycles. The first-order valence-corrected chi connectivity index (χ1v) is 5.83. The van der Waals surface area contributed by atoms with Gasteiger partial charge in [-0.2, -0.15) is 8.78 Å². The van der Waals surface area contributed by atoms with Crippen molar-refractivity contribution in [2.45, 2.75) is 6.61 Å². The predicted octanol–water partition coefficient (Wildman–Crippen LogP) is 5.26. The van der Waals surface area contributed by atoms with E-state index >= 15 is 0 Å². The standard InChI is InChI=1S/C13H8Cl2F2O/c14-8-5-6-9(11(15)7-8)10-3-1-2-4-12(10)18-13(16)17/h1-7,13H. The normalized spacial score (nSPS) is 10.7. The number of hydrogen-bond donors (Lipinski definition) is 0. The van der Waals surface area contributed by atoms with Crippen molar-refractivity contribution in [1.82, 2.24) is 0 Å². The first-order chi connectivity index (χ1) is 8.58. The maximum Gasteiger partial charge on any atom is 0.387 e. The predicted molar refractivity (Wildman–Crippen MR) is 68.5 cm³/mol. The van der Waals surface area contributed by atoms with Crippen LogP contribution in [0.2, 0.25) is 10.0 Å². The van der Waals surface area contributed by atoms with E-state index in [0.29, 0.717) is 21.2 Å². The minimum atomic E-state index is -2.88. The molecule has 0 N–H and O–H groups in total. The van der Waals surface area contributed by atoms with Crippen LogP contribution in [0.15, 0.2) is 42.5 Å². The first-order valence-electron chi connectivity index (χ1n) is 5.07. The van der Waals surface area contributed by atoms with Gasteiger partial charge in [0, 0.05) is 16.1 Å². The summed E-state index contributed by atoms with van der Waals surface area (Å²) in [6.07, 6.45) is 0. The summed E-state index contributed by atoms with van der Waals surface area (Å²) in [5.74, 6) is 0.0803. The molecular formula is C13H8Cl2F2O. The van der Waals surface area contributed by atoms with Gasteiger partial charge in [-0.25, -0.2) is 0 Å². The van der Waals surface area contributed by atoms with E-state index in [2.05, 4.69) is 4.74 Å². The second-order valence-electron chi connectivity index (χ2n) is 3.50. The lowest BCUT2D eigenvalue weighted by Crippen LogP contribution is -2.03. The Morgan fingerprint density at radius 1 is 0.944 bits per heavy atom.